The maximum atomic E-state index is 13.1. The number of hydrogen-bond donors (Lipinski definition) is 0. The summed E-state index contributed by atoms with van der Waals surface area (Å²) in [4.78, 5) is 30.6. The number of nitrogens with zero attached hydrogens (tertiary/aromatic N) is 7. The lowest BCUT2D eigenvalue weighted by Crippen LogP contribution is -2.50. The van der Waals surface area contributed by atoms with E-state index in [1.165, 1.54) is 0 Å². The molecule has 0 N–H and O–H groups in total. The van der Waals surface area contributed by atoms with Crippen LogP contribution in [0.1, 0.15) is 13.3 Å². The molecule has 0 saturated carbocycles. The molecule has 0 fully saturated rings. The molecule has 5 rings (SSSR count). The van der Waals surface area contributed by atoms with Gasteiger partial charge in [0.1, 0.15) is 11.7 Å². The van der Waals surface area contributed by atoms with Crippen LogP contribution in [0.2, 0.25) is 0 Å². The zero-order chi connectivity index (χ0) is 22.2. The quantitative estimate of drug-likeness (QED) is 0.494. The highest BCUT2D eigenvalue weighted by Gasteiger charge is 2.39. The number of hydrogen-bond acceptors (Lipinski definition) is 6. The van der Waals surface area contributed by atoms with Gasteiger partial charge in [-0.25, -0.2) is 9.97 Å². The summed E-state index contributed by atoms with van der Waals surface area (Å²) in [7, 11) is 3.63. The molecule has 8 nitrogen and oxygen atoms in total. The Balaban J connectivity index is 1.70. The van der Waals surface area contributed by atoms with Crippen molar-refractivity contribution in [2.24, 2.45) is 7.05 Å². The van der Waals surface area contributed by atoms with Gasteiger partial charge in [0.2, 0.25) is 5.91 Å². The zero-order valence-electron chi connectivity index (χ0n) is 18.2. The third kappa shape index (κ3) is 3.20. The lowest BCUT2D eigenvalue weighted by Gasteiger charge is -2.39. The topological polar surface area (TPSA) is 80.0 Å². The fraction of sp³-hybridized carbons (Fsp3) is 0.208. The van der Waals surface area contributed by atoms with Crippen LogP contribution in [0, 0.1) is 0 Å². The molecule has 1 atom stereocenters. The Hall–Kier alpha value is -4.07. The number of aromatic nitrogens is 5. The van der Waals surface area contributed by atoms with E-state index in [0.29, 0.717) is 29.6 Å². The molecule has 160 valence electrons. The second kappa shape index (κ2) is 7.88. The first kappa shape index (κ1) is 19.9. The summed E-state index contributed by atoms with van der Waals surface area (Å²) < 4.78 is 1.73. The van der Waals surface area contributed by atoms with E-state index in [2.05, 4.69) is 15.1 Å². The number of anilines is 3. The van der Waals surface area contributed by atoms with Crippen LogP contribution in [-0.2, 0) is 11.8 Å². The van der Waals surface area contributed by atoms with Crippen molar-refractivity contribution < 1.29 is 4.79 Å². The highest BCUT2D eigenvalue weighted by atomic mass is 16.2. The van der Waals surface area contributed by atoms with Gasteiger partial charge in [-0.1, -0.05) is 37.3 Å². The number of fused-ring (bicyclic) bond motifs is 1. The van der Waals surface area contributed by atoms with E-state index in [9.17, 15) is 4.79 Å². The summed E-state index contributed by atoms with van der Waals surface area (Å²) in [6.45, 7) is 2.00. The Morgan fingerprint density at radius 2 is 1.81 bits per heavy atom. The predicted octanol–water partition coefficient (Wildman–Crippen LogP) is 3.83. The maximum absolute atomic E-state index is 13.1. The van der Waals surface area contributed by atoms with Gasteiger partial charge in [-0.2, -0.15) is 5.10 Å². The van der Waals surface area contributed by atoms with Crippen LogP contribution in [0.25, 0.3) is 22.5 Å². The van der Waals surface area contributed by atoms with Crippen molar-refractivity contribution in [3.05, 3.63) is 67.3 Å². The van der Waals surface area contributed by atoms with Crippen LogP contribution in [0.4, 0.5) is 17.3 Å². The average Bonchev–Trinajstić information content (AvgIpc) is 3.27. The van der Waals surface area contributed by atoms with E-state index in [0.717, 1.165) is 16.7 Å². The van der Waals surface area contributed by atoms with Crippen LogP contribution in [0.3, 0.4) is 0 Å². The van der Waals surface area contributed by atoms with Crippen molar-refractivity contribution in [2.75, 3.05) is 16.8 Å². The van der Waals surface area contributed by atoms with Crippen molar-refractivity contribution in [3.63, 3.8) is 0 Å². The monoisotopic (exact) mass is 425 g/mol. The second-order valence-corrected chi connectivity index (χ2v) is 7.73. The highest BCUT2D eigenvalue weighted by Crippen LogP contribution is 2.40. The normalized spacial score (nSPS) is 15.7. The van der Waals surface area contributed by atoms with Gasteiger partial charge in [0, 0.05) is 49.9 Å². The maximum Gasteiger partial charge on any atom is 0.250 e. The molecule has 1 amide bonds. The molecule has 0 radical (unpaired) electrons. The van der Waals surface area contributed by atoms with Crippen LogP contribution in [-0.4, -0.2) is 43.7 Å². The average molecular weight is 425 g/mol. The van der Waals surface area contributed by atoms with Crippen LogP contribution in [0.5, 0.6) is 0 Å². The fourth-order valence-corrected chi connectivity index (χ4v) is 4.10. The van der Waals surface area contributed by atoms with Gasteiger partial charge in [0.25, 0.3) is 0 Å². The highest BCUT2D eigenvalue weighted by molar-refractivity contribution is 6.06. The van der Waals surface area contributed by atoms with E-state index in [1.807, 2.05) is 73.7 Å². The predicted molar refractivity (Wildman–Crippen MR) is 124 cm³/mol. The Bertz CT molecular complexity index is 1280. The lowest BCUT2D eigenvalue weighted by molar-refractivity contribution is -0.119. The zero-order valence-corrected chi connectivity index (χ0v) is 18.2. The Morgan fingerprint density at radius 3 is 2.53 bits per heavy atom. The summed E-state index contributed by atoms with van der Waals surface area (Å²) >= 11 is 0. The third-order valence-electron chi connectivity index (χ3n) is 5.75. The first-order chi connectivity index (χ1) is 15.6. The van der Waals surface area contributed by atoms with E-state index < -0.39 is 6.04 Å². The minimum absolute atomic E-state index is 0.00381. The number of rotatable bonds is 4. The van der Waals surface area contributed by atoms with Gasteiger partial charge in [-0.05, 0) is 18.1 Å². The van der Waals surface area contributed by atoms with E-state index in [-0.39, 0.29) is 5.91 Å². The first-order valence-corrected chi connectivity index (χ1v) is 10.5. The van der Waals surface area contributed by atoms with Crippen LogP contribution in [0.15, 0.2) is 67.3 Å². The molecule has 0 aliphatic carbocycles. The Kier molecular flexibility index (Phi) is 4.89. The Labute approximate surface area is 186 Å². The lowest BCUT2D eigenvalue weighted by atomic mass is 10.0. The van der Waals surface area contributed by atoms with Crippen molar-refractivity contribution in [1.82, 2.24) is 24.7 Å². The summed E-state index contributed by atoms with van der Waals surface area (Å²) in [5.74, 6) is 1.92. The van der Waals surface area contributed by atoms with Crippen molar-refractivity contribution in [1.29, 1.82) is 0 Å². The largest absolute Gasteiger partial charge is 0.309 e. The summed E-state index contributed by atoms with van der Waals surface area (Å²) in [6.07, 6.45) is 7.78. The molecule has 0 bridgehead atoms. The number of pyridine rings is 1. The van der Waals surface area contributed by atoms with Gasteiger partial charge in [0.15, 0.2) is 17.5 Å². The summed E-state index contributed by atoms with van der Waals surface area (Å²) in [6, 6.07) is 13.5. The van der Waals surface area contributed by atoms with Gasteiger partial charge >= 0.3 is 0 Å². The standard InChI is InChI=1S/C24H23N7O/c1-4-19-24(32)30(3)20-15-26-22(27-23(20)31(19)21-11-13-29(2)28-21)17-10-12-25-14-18(17)16-8-6-5-7-9-16/h5-15,19H,4H2,1-3H3. The minimum atomic E-state index is -0.392. The molecule has 1 aromatic carbocycles. The Morgan fingerprint density at radius 1 is 1.00 bits per heavy atom. The molecule has 32 heavy (non-hydrogen) atoms. The SMILES string of the molecule is CCC1C(=O)N(C)c2cnc(-c3ccncc3-c3ccccc3)nc2N1c1ccn(C)n1. The van der Waals surface area contributed by atoms with E-state index >= 15 is 0 Å². The molecule has 1 aliphatic heterocycles. The number of carbonyl (C=O) groups is 1. The molecule has 0 saturated heterocycles. The number of likely N-dealkylation sites (N-methyl/N-ethyl adjacent to an activating group) is 1. The van der Waals surface area contributed by atoms with Crippen LogP contribution >= 0.6 is 0 Å². The van der Waals surface area contributed by atoms with Crippen molar-refractivity contribution in [3.8, 4) is 22.5 Å². The smallest absolute Gasteiger partial charge is 0.250 e. The fourth-order valence-electron chi connectivity index (χ4n) is 4.10. The summed E-state index contributed by atoms with van der Waals surface area (Å²) in [5.41, 5.74) is 3.52. The molecular formula is C24H23N7O. The van der Waals surface area contributed by atoms with Crippen molar-refractivity contribution >= 4 is 23.2 Å². The van der Waals surface area contributed by atoms with E-state index in [1.54, 1.807) is 29.0 Å². The van der Waals surface area contributed by atoms with Gasteiger partial charge in [-0.15, -0.1) is 0 Å². The molecule has 1 aliphatic rings. The molecular weight excluding hydrogens is 402 g/mol. The summed E-state index contributed by atoms with van der Waals surface area (Å²) in [5, 5.41) is 4.56. The minimum Gasteiger partial charge on any atom is -0.309 e. The number of carbonyl (C=O) groups excluding carboxylic acids is 1. The number of aryl methyl sites for hydroxylation is 1. The van der Waals surface area contributed by atoms with Crippen LogP contribution < -0.4 is 9.80 Å². The molecule has 8 heteroatoms. The molecule has 1 unspecified atom stereocenters. The van der Waals surface area contributed by atoms with Gasteiger partial charge in [-0.3, -0.25) is 19.4 Å². The number of benzene rings is 1. The molecule has 0 spiro atoms. The molecule has 4 aromatic rings. The molecule has 3 aromatic heterocycles. The van der Waals surface area contributed by atoms with Gasteiger partial charge in [0.05, 0.1) is 6.20 Å². The number of amides is 1. The third-order valence-corrected chi connectivity index (χ3v) is 5.75. The molecule has 4 heterocycles. The van der Waals surface area contributed by atoms with E-state index in [4.69, 9.17) is 4.98 Å². The van der Waals surface area contributed by atoms with Crippen molar-refractivity contribution in [2.45, 2.75) is 19.4 Å². The first-order valence-electron chi connectivity index (χ1n) is 10.5. The second-order valence-electron chi connectivity index (χ2n) is 7.73. The van der Waals surface area contributed by atoms with Gasteiger partial charge < -0.3 is 4.90 Å².